The summed E-state index contributed by atoms with van der Waals surface area (Å²) in [6, 6.07) is 1.32. The van der Waals surface area contributed by atoms with Crippen molar-refractivity contribution in [3.05, 3.63) is 24.0 Å². The molecule has 1 aromatic rings. The zero-order valence-corrected chi connectivity index (χ0v) is 7.10. The molecule has 0 saturated heterocycles. The van der Waals surface area contributed by atoms with E-state index in [1.54, 1.807) is 0 Å². The molecule has 0 bridgehead atoms. The van der Waals surface area contributed by atoms with Crippen LogP contribution in [0.3, 0.4) is 0 Å². The molecule has 0 saturated carbocycles. The Balaban J connectivity index is 2.73. The minimum absolute atomic E-state index is 0.0142. The van der Waals surface area contributed by atoms with E-state index < -0.39 is 11.9 Å². The number of carboxylic acids is 2. The van der Waals surface area contributed by atoms with Gasteiger partial charge in [0.05, 0.1) is 11.3 Å². The number of carbonyl (C=O) groups is 2. The standard InChI is InChI=1S/C8H8N2O4/c11-7(12)4-10-6-1-5(8(13)14)2-9-3-6/h1-3,10H,4H2,(H,11,12)(H,13,14). The van der Waals surface area contributed by atoms with Gasteiger partial charge in [-0.05, 0) is 6.07 Å². The normalized spacial score (nSPS) is 9.43. The van der Waals surface area contributed by atoms with E-state index >= 15 is 0 Å². The number of aliphatic carboxylic acids is 1. The lowest BCUT2D eigenvalue weighted by molar-refractivity contribution is -0.134. The molecule has 0 amide bonds. The largest absolute Gasteiger partial charge is 0.480 e. The fraction of sp³-hybridized carbons (Fsp3) is 0.125. The van der Waals surface area contributed by atoms with Crippen LogP contribution in [0.1, 0.15) is 10.4 Å². The maximum Gasteiger partial charge on any atom is 0.337 e. The van der Waals surface area contributed by atoms with Gasteiger partial charge in [-0.2, -0.15) is 0 Å². The lowest BCUT2D eigenvalue weighted by atomic mass is 10.2. The first kappa shape index (κ1) is 9.97. The molecule has 1 aromatic heterocycles. The van der Waals surface area contributed by atoms with E-state index in [9.17, 15) is 9.59 Å². The Morgan fingerprint density at radius 2 is 2.07 bits per heavy atom. The van der Waals surface area contributed by atoms with Crippen molar-refractivity contribution < 1.29 is 19.8 Å². The Kier molecular flexibility index (Phi) is 3.01. The summed E-state index contributed by atoms with van der Waals surface area (Å²) >= 11 is 0. The highest BCUT2D eigenvalue weighted by Crippen LogP contribution is 2.07. The van der Waals surface area contributed by atoms with Gasteiger partial charge in [0, 0.05) is 12.4 Å². The lowest BCUT2D eigenvalue weighted by Gasteiger charge is -2.02. The molecule has 0 unspecified atom stereocenters. The van der Waals surface area contributed by atoms with E-state index in [4.69, 9.17) is 10.2 Å². The molecule has 0 aliphatic rings. The van der Waals surface area contributed by atoms with Gasteiger partial charge in [0.1, 0.15) is 6.54 Å². The van der Waals surface area contributed by atoms with Crippen molar-refractivity contribution in [1.29, 1.82) is 0 Å². The minimum Gasteiger partial charge on any atom is -0.480 e. The van der Waals surface area contributed by atoms with Gasteiger partial charge in [-0.1, -0.05) is 0 Å². The topological polar surface area (TPSA) is 99.5 Å². The second-order valence-electron chi connectivity index (χ2n) is 2.51. The van der Waals surface area contributed by atoms with Gasteiger partial charge in [0.15, 0.2) is 0 Å². The second-order valence-corrected chi connectivity index (χ2v) is 2.51. The fourth-order valence-corrected chi connectivity index (χ4v) is 0.831. The van der Waals surface area contributed by atoms with Crippen molar-refractivity contribution in [3.63, 3.8) is 0 Å². The summed E-state index contributed by atoms with van der Waals surface area (Å²) in [7, 11) is 0. The van der Waals surface area contributed by atoms with Crippen LogP contribution < -0.4 is 5.32 Å². The maximum atomic E-state index is 10.5. The molecule has 0 aromatic carbocycles. The van der Waals surface area contributed by atoms with Crippen molar-refractivity contribution in [1.82, 2.24) is 4.98 Å². The molecule has 0 fully saturated rings. The van der Waals surface area contributed by atoms with Gasteiger partial charge in [-0.15, -0.1) is 0 Å². The smallest absolute Gasteiger partial charge is 0.337 e. The van der Waals surface area contributed by atoms with Crippen LogP contribution in [0.4, 0.5) is 5.69 Å². The molecular formula is C8H8N2O4. The predicted octanol–water partition coefficient (Wildman–Crippen LogP) is 0.276. The number of hydrogen-bond acceptors (Lipinski definition) is 4. The summed E-state index contributed by atoms with van der Waals surface area (Å²) in [5.41, 5.74) is 0.382. The Bertz CT molecular complexity index is 364. The van der Waals surface area contributed by atoms with Crippen LogP contribution in [0, 0.1) is 0 Å². The average Bonchev–Trinajstić information content (AvgIpc) is 2.15. The van der Waals surface area contributed by atoms with E-state index in [0.717, 1.165) is 0 Å². The van der Waals surface area contributed by atoms with Gasteiger partial charge in [0.2, 0.25) is 0 Å². The molecule has 6 heteroatoms. The molecule has 14 heavy (non-hydrogen) atoms. The van der Waals surface area contributed by atoms with Crippen LogP contribution in [0.15, 0.2) is 18.5 Å². The van der Waals surface area contributed by atoms with Crippen LogP contribution in [-0.4, -0.2) is 33.7 Å². The van der Waals surface area contributed by atoms with E-state index in [0.29, 0.717) is 5.69 Å². The van der Waals surface area contributed by atoms with Crippen molar-refractivity contribution in [2.75, 3.05) is 11.9 Å². The van der Waals surface area contributed by atoms with Crippen LogP contribution in [0.2, 0.25) is 0 Å². The molecule has 0 aliphatic carbocycles. The first-order valence-electron chi connectivity index (χ1n) is 3.73. The van der Waals surface area contributed by atoms with Crippen molar-refractivity contribution in [2.45, 2.75) is 0 Å². The van der Waals surface area contributed by atoms with Crippen LogP contribution in [-0.2, 0) is 4.79 Å². The monoisotopic (exact) mass is 196 g/mol. The van der Waals surface area contributed by atoms with Crippen LogP contribution in [0.25, 0.3) is 0 Å². The summed E-state index contributed by atoms with van der Waals surface area (Å²) in [5, 5.41) is 19.5. The third-order valence-corrected chi connectivity index (χ3v) is 1.43. The molecule has 0 spiro atoms. The third kappa shape index (κ3) is 2.74. The number of nitrogens with zero attached hydrogens (tertiary/aromatic N) is 1. The summed E-state index contributed by atoms with van der Waals surface area (Å²) < 4.78 is 0. The van der Waals surface area contributed by atoms with Gasteiger partial charge < -0.3 is 15.5 Å². The molecule has 0 aliphatic heterocycles. The Morgan fingerprint density at radius 3 is 2.64 bits per heavy atom. The summed E-state index contributed by atoms with van der Waals surface area (Å²) in [6.07, 6.45) is 2.55. The molecule has 1 rings (SSSR count). The fourth-order valence-electron chi connectivity index (χ4n) is 0.831. The maximum absolute atomic E-state index is 10.5. The number of anilines is 1. The Morgan fingerprint density at radius 1 is 1.36 bits per heavy atom. The SMILES string of the molecule is O=C(O)CNc1cncc(C(=O)O)c1. The molecule has 3 N–H and O–H groups in total. The van der Waals surface area contributed by atoms with Crippen molar-refractivity contribution >= 4 is 17.6 Å². The number of nitrogens with one attached hydrogen (secondary N) is 1. The molecule has 74 valence electrons. The molecule has 6 nitrogen and oxygen atoms in total. The van der Waals surface area contributed by atoms with E-state index in [1.807, 2.05) is 0 Å². The quantitative estimate of drug-likeness (QED) is 0.639. The number of aromatic carboxylic acids is 1. The highest BCUT2D eigenvalue weighted by molar-refractivity contribution is 5.88. The zero-order chi connectivity index (χ0) is 10.6. The second kappa shape index (κ2) is 4.22. The number of pyridine rings is 1. The first-order chi connectivity index (χ1) is 6.59. The molecule has 0 radical (unpaired) electrons. The van der Waals surface area contributed by atoms with E-state index in [-0.39, 0.29) is 12.1 Å². The van der Waals surface area contributed by atoms with Crippen molar-refractivity contribution in [3.8, 4) is 0 Å². The van der Waals surface area contributed by atoms with Gasteiger partial charge in [-0.3, -0.25) is 9.78 Å². The van der Waals surface area contributed by atoms with E-state index in [2.05, 4.69) is 10.3 Å². The third-order valence-electron chi connectivity index (χ3n) is 1.43. The number of aromatic nitrogens is 1. The summed E-state index contributed by atoms with van der Waals surface area (Å²) in [6.45, 7) is -0.273. The van der Waals surface area contributed by atoms with Gasteiger partial charge >= 0.3 is 11.9 Å². The zero-order valence-electron chi connectivity index (χ0n) is 7.10. The van der Waals surface area contributed by atoms with Gasteiger partial charge in [-0.25, -0.2) is 4.79 Å². The predicted molar refractivity (Wildman–Crippen MR) is 47.3 cm³/mol. The highest BCUT2D eigenvalue weighted by Gasteiger charge is 2.04. The van der Waals surface area contributed by atoms with E-state index in [1.165, 1.54) is 18.5 Å². The van der Waals surface area contributed by atoms with Crippen LogP contribution >= 0.6 is 0 Å². The minimum atomic E-state index is -1.10. The van der Waals surface area contributed by atoms with Crippen LogP contribution in [0.5, 0.6) is 0 Å². The Labute approximate surface area is 79.2 Å². The molecule has 0 atom stereocenters. The Hall–Kier alpha value is -2.11. The van der Waals surface area contributed by atoms with Crippen molar-refractivity contribution in [2.24, 2.45) is 0 Å². The summed E-state index contributed by atoms with van der Waals surface area (Å²) in [4.78, 5) is 24.3. The lowest BCUT2D eigenvalue weighted by Crippen LogP contribution is -2.12. The molecular weight excluding hydrogens is 188 g/mol. The number of carboxylic acid groups (broad SMARTS) is 2. The number of hydrogen-bond donors (Lipinski definition) is 3. The first-order valence-corrected chi connectivity index (χ1v) is 3.73. The average molecular weight is 196 g/mol. The summed E-state index contributed by atoms with van der Waals surface area (Å²) in [5.74, 6) is -2.12. The van der Waals surface area contributed by atoms with Gasteiger partial charge in [0.25, 0.3) is 0 Å². The number of rotatable bonds is 4. The highest BCUT2D eigenvalue weighted by atomic mass is 16.4. The molecule has 1 heterocycles.